The monoisotopic (exact) mass is 240 g/mol. The first-order chi connectivity index (χ1) is 7.60. The van der Waals surface area contributed by atoms with Gasteiger partial charge in [-0.05, 0) is 46.3 Å². The van der Waals surface area contributed by atoms with Gasteiger partial charge in [-0.1, -0.05) is 0 Å². The first kappa shape index (κ1) is 16.2. The molecule has 0 aliphatic rings. The average molecular weight is 240 g/mol. The predicted molar refractivity (Wildman–Crippen MR) is 71.6 cm³/mol. The summed E-state index contributed by atoms with van der Waals surface area (Å²) >= 11 is 0. The lowest BCUT2D eigenvalue weighted by atomic mass is 9.83. The third kappa shape index (κ3) is 5.86. The number of nitrogens with two attached hydrogens (primary N) is 2. The Hall–Kier alpha value is -0.845. The van der Waals surface area contributed by atoms with E-state index in [1.54, 1.807) is 34.6 Å². The van der Waals surface area contributed by atoms with Gasteiger partial charge < -0.3 is 21.2 Å². The summed E-state index contributed by atoms with van der Waals surface area (Å²) in [6, 6.07) is 0. The van der Waals surface area contributed by atoms with Crippen LogP contribution in [0.2, 0.25) is 0 Å². The maximum atomic E-state index is 9.90. The van der Waals surface area contributed by atoms with Gasteiger partial charge in [0.25, 0.3) is 0 Å². The summed E-state index contributed by atoms with van der Waals surface area (Å²) in [5, 5.41) is 9.90. The summed E-state index contributed by atoms with van der Waals surface area (Å²) in [4.78, 5) is 3.99. The van der Waals surface area contributed by atoms with E-state index < -0.39 is 11.2 Å². The van der Waals surface area contributed by atoms with Gasteiger partial charge in [-0.2, -0.15) is 0 Å². The van der Waals surface area contributed by atoms with E-state index in [-0.39, 0.29) is 6.17 Å². The first-order valence-electron chi connectivity index (χ1n) is 5.54. The topological polar surface area (TPSA) is 93.9 Å². The summed E-state index contributed by atoms with van der Waals surface area (Å²) in [5.74, 6) is 0. The van der Waals surface area contributed by atoms with Gasteiger partial charge in [0, 0.05) is 6.21 Å². The number of hydrogen-bond donors (Lipinski definition) is 3. The van der Waals surface area contributed by atoms with Crippen LogP contribution in [-0.2, 0) is 4.65 Å². The number of aliphatic imine (C=N–C) groups is 1. The fourth-order valence-corrected chi connectivity index (χ4v) is 0.676. The second-order valence-electron chi connectivity index (χ2n) is 4.99. The Labute approximate surface area is 104 Å². The highest BCUT2D eigenvalue weighted by Crippen LogP contribution is 2.24. The van der Waals surface area contributed by atoms with Crippen LogP contribution in [0.25, 0.3) is 0 Å². The van der Waals surface area contributed by atoms with Crippen LogP contribution in [0.4, 0.5) is 0 Å². The maximum Gasteiger partial charge on any atom is 0.333 e. The molecule has 0 heterocycles. The molecule has 1 atom stereocenters. The maximum absolute atomic E-state index is 9.90. The molecule has 17 heavy (non-hydrogen) atoms. The van der Waals surface area contributed by atoms with Gasteiger partial charge in [0.2, 0.25) is 0 Å². The van der Waals surface area contributed by atoms with Gasteiger partial charge in [-0.25, -0.2) is 0 Å². The molecule has 1 radical (unpaired) electrons. The molecule has 0 fully saturated rings. The zero-order valence-electron chi connectivity index (χ0n) is 11.3. The zero-order chi connectivity index (χ0) is 13.7. The van der Waals surface area contributed by atoms with Crippen LogP contribution in [0.15, 0.2) is 16.7 Å². The van der Waals surface area contributed by atoms with E-state index in [1.807, 2.05) is 0 Å². The van der Waals surface area contributed by atoms with Gasteiger partial charge in [0.05, 0.1) is 17.4 Å². The van der Waals surface area contributed by atoms with E-state index in [2.05, 4.69) is 4.99 Å². The third-order valence-corrected chi connectivity index (χ3v) is 2.61. The third-order valence-electron chi connectivity index (χ3n) is 2.61. The lowest BCUT2D eigenvalue weighted by Gasteiger charge is -2.37. The van der Waals surface area contributed by atoms with Gasteiger partial charge in [-0.3, -0.25) is 4.99 Å². The van der Waals surface area contributed by atoms with E-state index in [0.29, 0.717) is 5.47 Å². The molecule has 0 amide bonds. The van der Waals surface area contributed by atoms with Crippen molar-refractivity contribution in [3.63, 3.8) is 0 Å². The summed E-state index contributed by atoms with van der Waals surface area (Å²) in [6.07, 6.45) is 2.61. The average Bonchev–Trinajstić information content (AvgIpc) is 2.15. The van der Waals surface area contributed by atoms with E-state index in [9.17, 15) is 5.11 Å². The zero-order valence-corrected chi connectivity index (χ0v) is 11.3. The Balaban J connectivity index is 4.45. The van der Waals surface area contributed by atoms with E-state index >= 15 is 0 Å². The fourth-order valence-electron chi connectivity index (χ4n) is 0.676. The quantitative estimate of drug-likeness (QED) is 0.461. The molecule has 0 saturated carbocycles. The van der Waals surface area contributed by atoms with E-state index in [4.69, 9.17) is 16.1 Å². The Bertz CT molecular complexity index is 294. The second-order valence-corrected chi connectivity index (χ2v) is 4.99. The summed E-state index contributed by atoms with van der Waals surface area (Å²) in [7, 11) is 1.46. The van der Waals surface area contributed by atoms with Crippen molar-refractivity contribution in [3.8, 4) is 0 Å². The summed E-state index contributed by atoms with van der Waals surface area (Å²) < 4.78 is 5.52. The second kappa shape index (κ2) is 6.19. The van der Waals surface area contributed by atoms with Crippen molar-refractivity contribution in [1.29, 1.82) is 0 Å². The van der Waals surface area contributed by atoms with Gasteiger partial charge in [-0.15, -0.1) is 0 Å². The van der Waals surface area contributed by atoms with Crippen LogP contribution in [0.1, 0.15) is 34.6 Å². The van der Waals surface area contributed by atoms with Crippen molar-refractivity contribution >= 4 is 13.7 Å². The Morgan fingerprint density at radius 2 is 1.94 bits per heavy atom. The molecule has 0 saturated heterocycles. The molecular formula is C11H23BN3O2. The Morgan fingerprint density at radius 1 is 1.41 bits per heavy atom. The van der Waals surface area contributed by atoms with Crippen molar-refractivity contribution in [1.82, 2.24) is 0 Å². The van der Waals surface area contributed by atoms with Gasteiger partial charge in [0.1, 0.15) is 0 Å². The minimum Gasteiger partial charge on any atom is -0.427 e. The van der Waals surface area contributed by atoms with Crippen molar-refractivity contribution < 1.29 is 9.76 Å². The molecule has 0 aliphatic carbocycles. The minimum atomic E-state index is -0.971. The highest BCUT2D eigenvalue weighted by molar-refractivity contribution is 6.46. The molecular weight excluding hydrogens is 217 g/mol. The van der Waals surface area contributed by atoms with Crippen molar-refractivity contribution in [3.05, 3.63) is 11.7 Å². The highest BCUT2D eigenvalue weighted by Gasteiger charge is 2.35. The standard InChI is InChI=1S/C11H23BN3O2/c1-8(14)15-7-9(6-13)12-17-11(4,5)10(2,3)16/h6-8,16H,13-14H2,1-5H3/b9-6+,15-7?. The Morgan fingerprint density at radius 3 is 2.29 bits per heavy atom. The van der Waals surface area contributed by atoms with Crippen molar-refractivity contribution in [2.45, 2.75) is 52.0 Å². The predicted octanol–water partition coefficient (Wildman–Crippen LogP) is 0.347. The largest absolute Gasteiger partial charge is 0.427 e. The molecule has 6 heteroatoms. The van der Waals surface area contributed by atoms with Crippen LogP contribution >= 0.6 is 0 Å². The molecule has 0 aromatic carbocycles. The van der Waals surface area contributed by atoms with Crippen LogP contribution in [0, 0.1) is 0 Å². The van der Waals surface area contributed by atoms with Crippen LogP contribution < -0.4 is 11.5 Å². The molecule has 97 valence electrons. The summed E-state index contributed by atoms with van der Waals surface area (Å²) in [6.45, 7) is 8.71. The molecule has 0 aromatic rings. The molecule has 1 unspecified atom stereocenters. The van der Waals surface area contributed by atoms with E-state index in [1.165, 1.54) is 19.9 Å². The molecule has 0 aromatic heterocycles. The number of nitrogens with zero attached hydrogens (tertiary/aromatic N) is 1. The molecule has 0 rings (SSSR count). The Kier molecular flexibility index (Phi) is 5.88. The van der Waals surface area contributed by atoms with Crippen LogP contribution in [0.3, 0.4) is 0 Å². The first-order valence-corrected chi connectivity index (χ1v) is 5.54. The number of aliphatic hydroxyl groups is 1. The number of hydrogen-bond acceptors (Lipinski definition) is 5. The van der Waals surface area contributed by atoms with Gasteiger partial charge in [0.15, 0.2) is 0 Å². The molecule has 0 spiro atoms. The molecule has 0 bridgehead atoms. The lowest BCUT2D eigenvalue weighted by molar-refractivity contribution is -0.0895. The van der Waals surface area contributed by atoms with Crippen LogP contribution in [0.5, 0.6) is 0 Å². The summed E-state index contributed by atoms with van der Waals surface area (Å²) in [5.41, 5.74) is 9.81. The van der Waals surface area contributed by atoms with E-state index in [0.717, 1.165) is 0 Å². The highest BCUT2D eigenvalue weighted by atomic mass is 16.5. The normalized spacial score (nSPS) is 16.3. The fraction of sp³-hybridized carbons (Fsp3) is 0.727. The SMILES string of the molecule is CC(N)N=C/C([B]OC(C)(C)C(C)(C)O)=C\N. The smallest absolute Gasteiger partial charge is 0.333 e. The lowest BCUT2D eigenvalue weighted by Crippen LogP contribution is -2.48. The van der Waals surface area contributed by atoms with Gasteiger partial charge >= 0.3 is 7.48 Å². The molecule has 0 aliphatic heterocycles. The number of rotatable bonds is 6. The van der Waals surface area contributed by atoms with Crippen LogP contribution in [-0.4, -0.2) is 36.2 Å². The number of allylic oxidation sites excluding steroid dienone is 1. The minimum absolute atomic E-state index is 0.291. The molecule has 5 nitrogen and oxygen atoms in total. The van der Waals surface area contributed by atoms with Crippen molar-refractivity contribution in [2.75, 3.05) is 0 Å². The molecule has 5 N–H and O–H groups in total. The van der Waals surface area contributed by atoms with Crippen molar-refractivity contribution in [2.24, 2.45) is 16.5 Å².